The normalized spacial score (nSPS) is 30.9. The number of carbonyl (C=O) groups is 1. The van der Waals surface area contributed by atoms with Crippen LogP contribution in [0.2, 0.25) is 0 Å². The molecule has 3 unspecified atom stereocenters. The van der Waals surface area contributed by atoms with Gasteiger partial charge in [-0.1, -0.05) is 76.0 Å². The molecule has 4 atom stereocenters. The average molecular weight is 605 g/mol. The van der Waals surface area contributed by atoms with Crippen molar-refractivity contribution in [3.63, 3.8) is 0 Å². The average Bonchev–Trinajstić information content (AvgIpc) is 3.75. The predicted molar refractivity (Wildman–Crippen MR) is 186 cm³/mol. The van der Waals surface area contributed by atoms with Crippen molar-refractivity contribution in [1.82, 2.24) is 4.98 Å². The van der Waals surface area contributed by atoms with E-state index in [4.69, 9.17) is 10.5 Å². The molecule has 4 nitrogen and oxygen atoms in total. The first kappa shape index (κ1) is 31.6. The summed E-state index contributed by atoms with van der Waals surface area (Å²) in [4.78, 5) is 17.9. The Kier molecular flexibility index (Phi) is 8.96. The van der Waals surface area contributed by atoms with E-state index in [1.807, 2.05) is 27.0 Å². The molecule has 4 aliphatic rings. The van der Waals surface area contributed by atoms with E-state index in [-0.39, 0.29) is 23.2 Å². The zero-order valence-electron chi connectivity index (χ0n) is 27.9. The second-order valence-electron chi connectivity index (χ2n) is 15.2. The van der Waals surface area contributed by atoms with Crippen LogP contribution >= 0.6 is 0 Å². The maximum atomic E-state index is 13.4. The molecule has 0 saturated heterocycles. The highest BCUT2D eigenvalue weighted by atomic mass is 16.6. The maximum Gasteiger partial charge on any atom is 0.310 e. The number of ether oxygens (including phenoxy) is 1. The summed E-state index contributed by atoms with van der Waals surface area (Å²) in [6.07, 6.45) is 23.5. The van der Waals surface area contributed by atoms with Crippen LogP contribution in [0.25, 0.3) is 17.2 Å². The molecule has 6 rings (SSSR count). The van der Waals surface area contributed by atoms with Gasteiger partial charge in [-0.25, -0.2) is 0 Å². The van der Waals surface area contributed by atoms with Crippen LogP contribution in [0.15, 0.2) is 67.0 Å². The zero-order chi connectivity index (χ0) is 31.8. The first-order chi connectivity index (χ1) is 21.6. The molecular formula is C41H52N2O2. The lowest BCUT2D eigenvalue weighted by molar-refractivity contribution is -0.157. The Morgan fingerprint density at radius 1 is 1.02 bits per heavy atom. The minimum Gasteiger partial charge on any atom is -0.460 e. The van der Waals surface area contributed by atoms with Crippen molar-refractivity contribution in [3.05, 3.63) is 95.0 Å². The van der Waals surface area contributed by atoms with E-state index in [0.717, 1.165) is 48.2 Å². The van der Waals surface area contributed by atoms with Gasteiger partial charge in [0.25, 0.3) is 0 Å². The van der Waals surface area contributed by atoms with Crippen molar-refractivity contribution in [3.8, 4) is 0 Å². The van der Waals surface area contributed by atoms with E-state index in [1.54, 1.807) is 6.08 Å². The SMILES string of the molecule is C=Cc1cc(C2=C(\N)C(C)C/C=C/C(c3ccc(C4CCCCC4)c([C@@H]4CCCCC45CC5C(=O)OC(C)(C)C)c3)=C\2)ccn1. The lowest BCUT2D eigenvalue weighted by atomic mass is 9.68. The number of aromatic nitrogens is 1. The van der Waals surface area contributed by atoms with E-state index in [2.05, 4.69) is 67.0 Å². The molecule has 4 heteroatoms. The predicted octanol–water partition coefficient (Wildman–Crippen LogP) is 10.1. The number of pyridine rings is 1. The van der Waals surface area contributed by atoms with Crippen molar-refractivity contribution >= 4 is 23.2 Å². The second-order valence-corrected chi connectivity index (χ2v) is 15.2. The Bertz CT molecular complexity index is 1530. The topological polar surface area (TPSA) is 65.2 Å². The van der Waals surface area contributed by atoms with Crippen LogP contribution in [-0.2, 0) is 9.53 Å². The molecule has 1 heterocycles. The molecule has 0 amide bonds. The van der Waals surface area contributed by atoms with Crippen LogP contribution in [0.5, 0.6) is 0 Å². The highest BCUT2D eigenvalue weighted by molar-refractivity contribution is 5.89. The third kappa shape index (κ3) is 6.62. The monoisotopic (exact) mass is 604 g/mol. The largest absolute Gasteiger partial charge is 0.460 e. The lowest BCUT2D eigenvalue weighted by Gasteiger charge is -2.37. The lowest BCUT2D eigenvalue weighted by Crippen LogP contribution is -2.29. The van der Waals surface area contributed by atoms with Gasteiger partial charge < -0.3 is 10.5 Å². The quantitative estimate of drug-likeness (QED) is 0.333. The third-order valence-electron chi connectivity index (χ3n) is 11.0. The summed E-state index contributed by atoms with van der Waals surface area (Å²) >= 11 is 0. The molecule has 0 aliphatic heterocycles. The number of hydrogen-bond donors (Lipinski definition) is 1. The Labute approximate surface area is 270 Å². The molecule has 1 spiro atoms. The zero-order valence-corrected chi connectivity index (χ0v) is 27.9. The van der Waals surface area contributed by atoms with Gasteiger partial charge in [-0.2, -0.15) is 0 Å². The van der Waals surface area contributed by atoms with Crippen LogP contribution in [0.3, 0.4) is 0 Å². The summed E-state index contributed by atoms with van der Waals surface area (Å²) in [6.45, 7) is 12.1. The maximum absolute atomic E-state index is 13.4. The van der Waals surface area contributed by atoms with Gasteiger partial charge in [-0.3, -0.25) is 9.78 Å². The van der Waals surface area contributed by atoms with E-state index < -0.39 is 5.60 Å². The van der Waals surface area contributed by atoms with Gasteiger partial charge in [0, 0.05) is 17.5 Å². The fourth-order valence-electron chi connectivity index (χ4n) is 8.48. The number of nitrogens with zero attached hydrogens (tertiary/aromatic N) is 1. The first-order valence-electron chi connectivity index (χ1n) is 17.4. The number of nitrogens with two attached hydrogens (primary N) is 1. The van der Waals surface area contributed by atoms with Gasteiger partial charge >= 0.3 is 5.97 Å². The number of hydrogen-bond acceptors (Lipinski definition) is 4. The van der Waals surface area contributed by atoms with Crippen molar-refractivity contribution in [2.75, 3.05) is 0 Å². The summed E-state index contributed by atoms with van der Waals surface area (Å²) in [5, 5.41) is 0. The standard InChI is InChI=1S/C41H52N2O2/c1-6-32-23-31(20-22-43-32)34-24-29(16-12-13-27(2)38(34)42)30-18-19-33(28-14-8-7-9-15-28)35(25-30)36-17-10-11-21-41(36)26-37(41)39(44)45-40(3,4)5/h6,12,16,18-20,22-25,27-28,36-37H,1,7-11,13-15,17,21,26,42H2,2-5H3/b16-12+,29-24+,38-34-/t27?,36-,37?,41?/m0/s1. The third-order valence-corrected chi connectivity index (χ3v) is 11.0. The summed E-state index contributed by atoms with van der Waals surface area (Å²) in [5.74, 6) is 1.23. The summed E-state index contributed by atoms with van der Waals surface area (Å²) < 4.78 is 5.97. The van der Waals surface area contributed by atoms with Crippen LogP contribution < -0.4 is 5.73 Å². The van der Waals surface area contributed by atoms with Crippen LogP contribution in [0.1, 0.15) is 138 Å². The van der Waals surface area contributed by atoms with Crippen molar-refractivity contribution in [1.29, 1.82) is 0 Å². The van der Waals surface area contributed by atoms with Crippen molar-refractivity contribution in [2.45, 2.75) is 116 Å². The Morgan fingerprint density at radius 3 is 2.56 bits per heavy atom. The molecule has 0 bridgehead atoms. The van der Waals surface area contributed by atoms with Gasteiger partial charge in [0.05, 0.1) is 11.6 Å². The Balaban J connectivity index is 1.44. The molecule has 3 saturated carbocycles. The molecular weight excluding hydrogens is 552 g/mol. The van der Waals surface area contributed by atoms with E-state index in [1.165, 1.54) is 67.2 Å². The molecule has 45 heavy (non-hydrogen) atoms. The molecule has 0 radical (unpaired) electrons. The van der Waals surface area contributed by atoms with Crippen molar-refractivity contribution < 1.29 is 9.53 Å². The first-order valence-corrected chi connectivity index (χ1v) is 17.4. The van der Waals surface area contributed by atoms with Gasteiger partial charge in [0.15, 0.2) is 0 Å². The van der Waals surface area contributed by atoms with Gasteiger partial charge in [-0.05, 0) is 135 Å². The fraction of sp³-hybridized carbons (Fsp3) is 0.512. The number of benzene rings is 1. The molecule has 2 N–H and O–H groups in total. The van der Waals surface area contributed by atoms with Crippen LogP contribution in [-0.4, -0.2) is 16.6 Å². The number of allylic oxidation sites excluding steroid dienone is 6. The summed E-state index contributed by atoms with van der Waals surface area (Å²) in [6, 6.07) is 11.4. The van der Waals surface area contributed by atoms with Gasteiger partial charge in [0.1, 0.15) is 5.60 Å². The Hall–Kier alpha value is -3.40. The van der Waals surface area contributed by atoms with E-state index in [0.29, 0.717) is 11.8 Å². The molecule has 1 aromatic carbocycles. The number of esters is 1. The fourth-order valence-corrected chi connectivity index (χ4v) is 8.48. The number of carbonyl (C=O) groups excluding carboxylic acids is 1. The van der Waals surface area contributed by atoms with Crippen molar-refractivity contribution in [2.24, 2.45) is 23.0 Å². The van der Waals surface area contributed by atoms with Gasteiger partial charge in [0.2, 0.25) is 0 Å². The number of rotatable bonds is 6. The second kappa shape index (κ2) is 12.8. The van der Waals surface area contributed by atoms with E-state index >= 15 is 0 Å². The molecule has 238 valence electrons. The summed E-state index contributed by atoms with van der Waals surface area (Å²) in [5.41, 5.74) is 15.7. The minimum absolute atomic E-state index is 0.00560. The smallest absolute Gasteiger partial charge is 0.310 e. The highest BCUT2D eigenvalue weighted by Crippen LogP contribution is 2.68. The Morgan fingerprint density at radius 2 is 1.80 bits per heavy atom. The molecule has 2 aromatic rings. The van der Waals surface area contributed by atoms with Gasteiger partial charge in [-0.15, -0.1) is 0 Å². The highest BCUT2D eigenvalue weighted by Gasteiger charge is 2.64. The van der Waals surface area contributed by atoms with Crippen LogP contribution in [0, 0.1) is 17.3 Å². The summed E-state index contributed by atoms with van der Waals surface area (Å²) in [7, 11) is 0. The molecule has 4 aliphatic carbocycles. The molecule has 3 fully saturated rings. The molecule has 1 aromatic heterocycles. The van der Waals surface area contributed by atoms with Crippen LogP contribution in [0.4, 0.5) is 0 Å². The minimum atomic E-state index is -0.457. The van der Waals surface area contributed by atoms with E-state index in [9.17, 15) is 4.79 Å².